The number of nitrogens with one attached hydrogen (secondary N) is 1. The molecule has 1 N–H and O–H groups in total. The van der Waals surface area contributed by atoms with Gasteiger partial charge in [-0.3, -0.25) is 9.78 Å². The number of halogens is 1. The predicted molar refractivity (Wildman–Crippen MR) is 67.3 cm³/mol. The molecule has 1 aromatic rings. The quantitative estimate of drug-likeness (QED) is 0.847. The highest BCUT2D eigenvalue weighted by Gasteiger charge is 2.23. The maximum absolute atomic E-state index is 12.0. The van der Waals surface area contributed by atoms with E-state index >= 15 is 0 Å². The lowest BCUT2D eigenvalue weighted by molar-refractivity contribution is 0.0702. The van der Waals surface area contributed by atoms with E-state index in [2.05, 4.69) is 15.3 Å². The Morgan fingerprint density at radius 3 is 2.94 bits per heavy atom. The summed E-state index contributed by atoms with van der Waals surface area (Å²) >= 11 is 0. The van der Waals surface area contributed by atoms with Crippen molar-refractivity contribution < 1.29 is 4.79 Å². The van der Waals surface area contributed by atoms with Crippen molar-refractivity contribution in [1.29, 1.82) is 0 Å². The summed E-state index contributed by atoms with van der Waals surface area (Å²) in [6, 6.07) is 0.267. The third-order valence-corrected chi connectivity index (χ3v) is 2.92. The fourth-order valence-corrected chi connectivity index (χ4v) is 1.92. The second-order valence-corrected chi connectivity index (χ2v) is 4.01. The first kappa shape index (κ1) is 13.9. The van der Waals surface area contributed by atoms with E-state index in [4.69, 9.17) is 0 Å². The minimum Gasteiger partial charge on any atom is -0.336 e. The van der Waals surface area contributed by atoms with Gasteiger partial charge in [-0.1, -0.05) is 0 Å². The Morgan fingerprint density at radius 1 is 1.53 bits per heavy atom. The van der Waals surface area contributed by atoms with Gasteiger partial charge in [-0.2, -0.15) is 0 Å². The van der Waals surface area contributed by atoms with Crippen molar-refractivity contribution in [1.82, 2.24) is 20.2 Å². The molecule has 0 unspecified atom stereocenters. The highest BCUT2D eigenvalue weighted by Crippen LogP contribution is 2.10. The van der Waals surface area contributed by atoms with E-state index in [1.54, 1.807) is 17.3 Å². The molecule has 1 aromatic heterocycles. The van der Waals surface area contributed by atoms with Gasteiger partial charge in [0.1, 0.15) is 5.69 Å². The summed E-state index contributed by atoms with van der Waals surface area (Å²) in [7, 11) is 1.83. The van der Waals surface area contributed by atoms with Gasteiger partial charge in [-0.05, 0) is 19.4 Å². The molecular weight excluding hydrogens is 240 g/mol. The summed E-state index contributed by atoms with van der Waals surface area (Å²) in [6.07, 6.45) is 6.78. The van der Waals surface area contributed by atoms with Crippen LogP contribution in [-0.2, 0) is 0 Å². The summed E-state index contributed by atoms with van der Waals surface area (Å²) in [5.74, 6) is -0.0539. The lowest BCUT2D eigenvalue weighted by atomic mass is 10.1. The van der Waals surface area contributed by atoms with Crippen LogP contribution in [0.4, 0.5) is 0 Å². The van der Waals surface area contributed by atoms with Gasteiger partial charge in [0.15, 0.2) is 0 Å². The highest BCUT2D eigenvalue weighted by molar-refractivity contribution is 5.92. The van der Waals surface area contributed by atoms with Crippen LogP contribution in [0.25, 0.3) is 0 Å². The van der Waals surface area contributed by atoms with Crippen LogP contribution >= 0.6 is 12.4 Å². The molecule has 1 amide bonds. The number of likely N-dealkylation sites (N-methyl/N-ethyl adjacent to an activating group) is 1. The van der Waals surface area contributed by atoms with Crippen LogP contribution in [0.1, 0.15) is 23.3 Å². The molecule has 1 atom stereocenters. The second kappa shape index (κ2) is 6.51. The molecule has 2 rings (SSSR count). The average molecular weight is 257 g/mol. The topological polar surface area (TPSA) is 58.1 Å². The smallest absolute Gasteiger partial charge is 0.274 e. The van der Waals surface area contributed by atoms with Crippen LogP contribution in [0, 0.1) is 0 Å². The third kappa shape index (κ3) is 3.38. The van der Waals surface area contributed by atoms with Crippen LogP contribution in [0.2, 0.25) is 0 Å². The van der Waals surface area contributed by atoms with Gasteiger partial charge in [-0.15, -0.1) is 12.4 Å². The second-order valence-electron chi connectivity index (χ2n) is 4.01. The Balaban J connectivity index is 0.00000144. The van der Waals surface area contributed by atoms with Crippen molar-refractivity contribution >= 4 is 18.3 Å². The van der Waals surface area contributed by atoms with Crippen molar-refractivity contribution in [3.63, 3.8) is 0 Å². The van der Waals surface area contributed by atoms with Gasteiger partial charge in [0, 0.05) is 32.0 Å². The summed E-state index contributed by atoms with van der Waals surface area (Å²) in [6.45, 7) is 1.91. The molecular formula is C11H17ClN4O. The summed E-state index contributed by atoms with van der Waals surface area (Å²) in [4.78, 5) is 21.7. The van der Waals surface area contributed by atoms with Crippen LogP contribution in [0.5, 0.6) is 0 Å². The zero-order valence-electron chi connectivity index (χ0n) is 9.80. The molecule has 5 nitrogen and oxygen atoms in total. The van der Waals surface area contributed by atoms with Crippen LogP contribution in [-0.4, -0.2) is 47.0 Å². The third-order valence-electron chi connectivity index (χ3n) is 2.92. The molecule has 0 radical (unpaired) electrons. The SMILES string of the molecule is CN(C(=O)c1cnccn1)[C@@H]1CCCNC1.Cl. The van der Waals surface area contributed by atoms with Crippen molar-refractivity contribution in [2.45, 2.75) is 18.9 Å². The highest BCUT2D eigenvalue weighted by atomic mass is 35.5. The molecule has 0 spiro atoms. The molecule has 0 aliphatic carbocycles. The predicted octanol–water partition coefficient (Wildman–Crippen LogP) is 0.722. The maximum Gasteiger partial charge on any atom is 0.274 e. The maximum atomic E-state index is 12.0. The van der Waals surface area contributed by atoms with Gasteiger partial charge >= 0.3 is 0 Å². The van der Waals surface area contributed by atoms with Crippen LogP contribution in [0.3, 0.4) is 0 Å². The van der Waals surface area contributed by atoms with Gasteiger partial charge in [0.05, 0.1) is 6.20 Å². The number of carbonyl (C=O) groups is 1. The van der Waals surface area contributed by atoms with E-state index in [1.807, 2.05) is 7.05 Å². The molecule has 17 heavy (non-hydrogen) atoms. The van der Waals surface area contributed by atoms with Gasteiger partial charge in [-0.25, -0.2) is 4.98 Å². The van der Waals surface area contributed by atoms with E-state index in [-0.39, 0.29) is 24.4 Å². The number of hydrogen-bond donors (Lipinski definition) is 1. The number of piperidine rings is 1. The lowest BCUT2D eigenvalue weighted by Gasteiger charge is -2.31. The van der Waals surface area contributed by atoms with Crippen molar-refractivity contribution in [3.8, 4) is 0 Å². The monoisotopic (exact) mass is 256 g/mol. The fourth-order valence-electron chi connectivity index (χ4n) is 1.92. The molecule has 0 aromatic carbocycles. The Labute approximate surface area is 107 Å². The Kier molecular flexibility index (Phi) is 5.31. The number of amides is 1. The van der Waals surface area contributed by atoms with Crippen molar-refractivity contribution in [3.05, 3.63) is 24.3 Å². The van der Waals surface area contributed by atoms with Crippen LogP contribution in [0.15, 0.2) is 18.6 Å². The molecule has 0 bridgehead atoms. The summed E-state index contributed by atoms with van der Waals surface area (Å²) in [5.41, 5.74) is 0.413. The van der Waals surface area contributed by atoms with E-state index in [0.717, 1.165) is 25.9 Å². The first-order chi connectivity index (χ1) is 7.79. The number of nitrogens with zero attached hydrogens (tertiary/aromatic N) is 3. The first-order valence-corrected chi connectivity index (χ1v) is 5.53. The molecule has 1 fully saturated rings. The van der Waals surface area contributed by atoms with Crippen molar-refractivity contribution in [2.24, 2.45) is 0 Å². The van der Waals surface area contributed by atoms with Crippen LogP contribution < -0.4 is 5.32 Å². The number of rotatable bonds is 2. The fraction of sp³-hybridized carbons (Fsp3) is 0.545. The number of hydrogen-bond acceptors (Lipinski definition) is 4. The van der Waals surface area contributed by atoms with Gasteiger partial charge < -0.3 is 10.2 Å². The van der Waals surface area contributed by atoms with Crippen molar-refractivity contribution in [2.75, 3.05) is 20.1 Å². The molecule has 94 valence electrons. The molecule has 0 saturated carbocycles. The number of aromatic nitrogens is 2. The standard InChI is InChI=1S/C11H16N4O.ClH/c1-15(9-3-2-4-12-7-9)11(16)10-8-13-5-6-14-10;/h5-6,8-9,12H,2-4,7H2,1H3;1H/t9-;/m1./s1. The van der Waals surface area contributed by atoms with E-state index in [0.29, 0.717) is 5.69 Å². The van der Waals surface area contributed by atoms with Gasteiger partial charge in [0.25, 0.3) is 5.91 Å². The number of carbonyl (C=O) groups excluding carboxylic acids is 1. The minimum atomic E-state index is -0.0539. The minimum absolute atomic E-state index is 0. The first-order valence-electron chi connectivity index (χ1n) is 5.53. The summed E-state index contributed by atoms with van der Waals surface area (Å²) < 4.78 is 0. The largest absolute Gasteiger partial charge is 0.336 e. The Morgan fingerprint density at radius 2 is 2.35 bits per heavy atom. The zero-order chi connectivity index (χ0) is 11.4. The Hall–Kier alpha value is -1.20. The van der Waals surface area contributed by atoms with Gasteiger partial charge in [0.2, 0.25) is 0 Å². The molecule has 1 aliphatic rings. The molecule has 1 saturated heterocycles. The normalized spacial score (nSPS) is 19.2. The molecule has 6 heteroatoms. The molecule has 2 heterocycles. The van der Waals surface area contributed by atoms with E-state index in [9.17, 15) is 4.79 Å². The molecule has 1 aliphatic heterocycles. The average Bonchev–Trinajstić information content (AvgIpc) is 2.39. The zero-order valence-corrected chi connectivity index (χ0v) is 10.6. The lowest BCUT2D eigenvalue weighted by Crippen LogP contribution is -2.46. The van der Waals surface area contributed by atoms with E-state index < -0.39 is 0 Å². The summed E-state index contributed by atoms with van der Waals surface area (Å²) in [5, 5.41) is 3.29. The Bertz CT molecular complexity index is 354. The van der Waals surface area contributed by atoms with E-state index in [1.165, 1.54) is 6.20 Å².